The van der Waals surface area contributed by atoms with Crippen LogP contribution in [0.1, 0.15) is 123 Å². The quantitative estimate of drug-likeness (QED) is 0.0273. The SMILES string of the molecule is CC/C=C/C=C/C=C/C=C/C=C/C=C/CCCCCC(=O)OC(COCCC(C(=O)[O-])[N+](C)(C)C)COC(=O)CCCCCCCCC/C=C/C=C/C=C/CC. The second-order valence-electron chi connectivity index (χ2n) is 14.7. The number of rotatable bonds is 35. The van der Waals surface area contributed by atoms with Gasteiger partial charge in [0.2, 0.25) is 0 Å². The van der Waals surface area contributed by atoms with Crippen LogP contribution in [0.25, 0.3) is 0 Å². The van der Waals surface area contributed by atoms with E-state index in [9.17, 15) is 19.5 Å². The summed E-state index contributed by atoms with van der Waals surface area (Å²) in [7, 11) is 5.37. The first-order valence-electron chi connectivity index (χ1n) is 21.0. The van der Waals surface area contributed by atoms with Crippen molar-refractivity contribution in [3.8, 4) is 0 Å². The van der Waals surface area contributed by atoms with Gasteiger partial charge in [-0.15, -0.1) is 0 Å². The number of carboxylic acid groups (broad SMARTS) is 1. The van der Waals surface area contributed by atoms with Crippen molar-refractivity contribution in [1.29, 1.82) is 0 Å². The molecule has 0 N–H and O–H groups in total. The summed E-state index contributed by atoms with van der Waals surface area (Å²) >= 11 is 0. The molecule has 0 spiro atoms. The zero-order chi connectivity index (χ0) is 41.4. The van der Waals surface area contributed by atoms with Gasteiger partial charge in [-0.05, 0) is 51.4 Å². The lowest BCUT2D eigenvalue weighted by Gasteiger charge is -2.34. The molecule has 2 atom stereocenters. The molecule has 56 heavy (non-hydrogen) atoms. The molecule has 0 bridgehead atoms. The lowest BCUT2D eigenvalue weighted by atomic mass is 10.1. The Hall–Kier alpha value is -4.01. The Morgan fingerprint density at radius 2 is 0.946 bits per heavy atom. The Kier molecular flexibility index (Phi) is 35.2. The van der Waals surface area contributed by atoms with E-state index in [4.69, 9.17) is 14.2 Å². The van der Waals surface area contributed by atoms with Crippen molar-refractivity contribution in [3.63, 3.8) is 0 Å². The number of carboxylic acids is 1. The third-order valence-electron chi connectivity index (χ3n) is 8.63. The van der Waals surface area contributed by atoms with Gasteiger partial charge in [-0.2, -0.15) is 0 Å². The molecular formula is C48H75NO7. The number of carbonyl (C=O) groups is 3. The highest BCUT2D eigenvalue weighted by Crippen LogP contribution is 2.12. The maximum Gasteiger partial charge on any atom is 0.306 e. The van der Waals surface area contributed by atoms with Gasteiger partial charge >= 0.3 is 11.9 Å². The second-order valence-corrected chi connectivity index (χ2v) is 14.7. The van der Waals surface area contributed by atoms with E-state index >= 15 is 0 Å². The van der Waals surface area contributed by atoms with Gasteiger partial charge < -0.3 is 28.6 Å². The predicted molar refractivity (Wildman–Crippen MR) is 231 cm³/mol. The Morgan fingerprint density at radius 1 is 0.536 bits per heavy atom. The van der Waals surface area contributed by atoms with Gasteiger partial charge in [-0.3, -0.25) is 9.59 Å². The summed E-state index contributed by atoms with van der Waals surface area (Å²) in [5, 5.41) is 11.6. The van der Waals surface area contributed by atoms with Crippen LogP contribution in [0.3, 0.4) is 0 Å². The van der Waals surface area contributed by atoms with Crippen LogP contribution in [-0.4, -0.2) is 75.5 Å². The van der Waals surface area contributed by atoms with E-state index in [0.29, 0.717) is 12.8 Å². The molecule has 0 fully saturated rings. The minimum atomic E-state index is -1.14. The summed E-state index contributed by atoms with van der Waals surface area (Å²) in [6, 6.07) is -0.743. The smallest absolute Gasteiger partial charge is 0.306 e. The van der Waals surface area contributed by atoms with Crippen LogP contribution in [0.5, 0.6) is 0 Å². The summed E-state index contributed by atoms with van der Waals surface area (Å²) in [6.45, 7) is 4.29. The minimum absolute atomic E-state index is 0.0101. The van der Waals surface area contributed by atoms with Crippen LogP contribution in [-0.2, 0) is 28.6 Å². The number of quaternary nitrogens is 1. The molecule has 0 aliphatic heterocycles. The van der Waals surface area contributed by atoms with Crippen molar-refractivity contribution in [3.05, 3.63) is 109 Å². The van der Waals surface area contributed by atoms with Crippen LogP contribution in [0.4, 0.5) is 0 Å². The van der Waals surface area contributed by atoms with Gasteiger partial charge in [0.1, 0.15) is 12.6 Å². The van der Waals surface area contributed by atoms with E-state index in [1.165, 1.54) is 19.3 Å². The van der Waals surface area contributed by atoms with Gasteiger partial charge in [0.25, 0.3) is 0 Å². The maximum absolute atomic E-state index is 12.7. The second kappa shape index (κ2) is 37.9. The summed E-state index contributed by atoms with van der Waals surface area (Å²) in [5.74, 6) is -1.83. The van der Waals surface area contributed by atoms with Gasteiger partial charge in [0.05, 0.1) is 40.3 Å². The number of hydrogen-bond acceptors (Lipinski definition) is 7. The Labute approximate surface area is 340 Å². The number of likely N-dealkylation sites (N-methyl/N-ethyl adjacent to an activating group) is 1. The van der Waals surface area contributed by atoms with E-state index in [1.54, 1.807) is 21.1 Å². The number of allylic oxidation sites excluding steroid dienone is 18. The number of esters is 2. The topological polar surface area (TPSA) is 102 Å². The number of hydrogen-bond donors (Lipinski definition) is 0. The molecule has 0 aromatic heterocycles. The van der Waals surface area contributed by atoms with Crippen molar-refractivity contribution in [2.75, 3.05) is 41.0 Å². The van der Waals surface area contributed by atoms with Gasteiger partial charge in [-0.25, -0.2) is 0 Å². The molecule has 0 heterocycles. The third kappa shape index (κ3) is 35.7. The molecule has 0 aromatic rings. The Bertz CT molecular complexity index is 1280. The number of nitrogens with zero attached hydrogens (tertiary/aromatic N) is 1. The molecule has 0 aromatic carbocycles. The van der Waals surface area contributed by atoms with Crippen LogP contribution in [0.2, 0.25) is 0 Å². The molecule has 0 rings (SSSR count). The number of unbranched alkanes of at least 4 members (excludes halogenated alkanes) is 10. The lowest BCUT2D eigenvalue weighted by molar-refractivity contribution is -0.889. The van der Waals surface area contributed by atoms with Gasteiger partial charge in [0, 0.05) is 19.3 Å². The fraction of sp³-hybridized carbons (Fsp3) is 0.562. The molecule has 0 saturated heterocycles. The third-order valence-corrected chi connectivity index (χ3v) is 8.63. The van der Waals surface area contributed by atoms with E-state index in [2.05, 4.69) is 62.5 Å². The molecular weight excluding hydrogens is 703 g/mol. The zero-order valence-corrected chi connectivity index (χ0v) is 35.5. The minimum Gasteiger partial charge on any atom is -0.544 e. The Morgan fingerprint density at radius 3 is 1.41 bits per heavy atom. The largest absolute Gasteiger partial charge is 0.544 e. The van der Waals surface area contributed by atoms with E-state index in [0.717, 1.165) is 64.2 Å². The maximum atomic E-state index is 12.7. The average molecular weight is 778 g/mol. The monoisotopic (exact) mass is 778 g/mol. The summed E-state index contributed by atoms with van der Waals surface area (Å²) in [4.78, 5) is 36.8. The highest BCUT2D eigenvalue weighted by atomic mass is 16.6. The standard InChI is InChI=1S/C48H75NO7/c1-6-8-10-12-14-16-18-20-22-23-25-27-29-31-33-35-37-39-47(51)56-44(42-54-41-40-45(48(52)53)49(3,4)5)43-55-46(50)38-36-34-32-30-28-26-24-21-19-17-15-13-11-9-7-2/h8-20,22-23,25,27,29,44-45H,6-7,21,24,26,28,30-43H2,1-5H3/b10-8+,11-9+,14-12+,15-13+,18-16+,19-17+,22-20+,25-23+,29-27+. The number of ether oxygens (including phenoxy) is 3. The summed E-state index contributed by atoms with van der Waals surface area (Å²) in [6.07, 6.45) is 51.1. The molecule has 0 amide bonds. The Balaban J connectivity index is 4.52. The first-order valence-corrected chi connectivity index (χ1v) is 21.0. The van der Waals surface area contributed by atoms with Crippen molar-refractivity contribution >= 4 is 17.9 Å². The molecule has 8 heteroatoms. The molecule has 0 saturated carbocycles. The average Bonchev–Trinajstić information content (AvgIpc) is 3.15. The number of aliphatic carboxylic acids is 1. The fourth-order valence-corrected chi connectivity index (χ4v) is 5.39. The molecule has 2 unspecified atom stereocenters. The molecule has 0 aliphatic rings. The lowest BCUT2D eigenvalue weighted by Crippen LogP contribution is -2.55. The molecule has 0 aliphatic carbocycles. The van der Waals surface area contributed by atoms with Crippen molar-refractivity contribution in [1.82, 2.24) is 0 Å². The van der Waals surface area contributed by atoms with Crippen LogP contribution in [0.15, 0.2) is 109 Å². The summed E-state index contributed by atoms with van der Waals surface area (Å²) in [5.41, 5.74) is 0. The van der Waals surface area contributed by atoms with Crippen LogP contribution < -0.4 is 5.11 Å². The predicted octanol–water partition coefficient (Wildman–Crippen LogP) is 9.96. The van der Waals surface area contributed by atoms with Gasteiger partial charge in [-0.1, -0.05) is 162 Å². The first-order chi connectivity index (χ1) is 27.1. The fourth-order valence-electron chi connectivity index (χ4n) is 5.39. The summed E-state index contributed by atoms with van der Waals surface area (Å²) < 4.78 is 17.1. The number of carbonyl (C=O) groups excluding carboxylic acids is 3. The van der Waals surface area contributed by atoms with Crippen LogP contribution in [0, 0.1) is 0 Å². The van der Waals surface area contributed by atoms with Crippen molar-refractivity contribution < 1.29 is 38.2 Å². The van der Waals surface area contributed by atoms with Gasteiger partial charge in [0.15, 0.2) is 6.10 Å². The van der Waals surface area contributed by atoms with E-state index in [-0.39, 0.29) is 49.1 Å². The normalized spacial score (nSPS) is 14.1. The first kappa shape index (κ1) is 52.0. The van der Waals surface area contributed by atoms with Crippen molar-refractivity contribution in [2.24, 2.45) is 0 Å². The molecule has 0 radical (unpaired) electrons. The highest BCUT2D eigenvalue weighted by molar-refractivity contribution is 5.70. The van der Waals surface area contributed by atoms with E-state index < -0.39 is 18.1 Å². The highest BCUT2D eigenvalue weighted by Gasteiger charge is 2.25. The van der Waals surface area contributed by atoms with E-state index in [1.807, 2.05) is 60.8 Å². The van der Waals surface area contributed by atoms with Crippen LogP contribution >= 0.6 is 0 Å². The molecule has 314 valence electrons. The molecule has 8 nitrogen and oxygen atoms in total. The zero-order valence-electron chi connectivity index (χ0n) is 35.5. The van der Waals surface area contributed by atoms with Crippen molar-refractivity contribution in [2.45, 2.75) is 135 Å².